The fourth-order valence-corrected chi connectivity index (χ4v) is 5.38. The Balaban J connectivity index is 1.41. The molecule has 0 saturated carbocycles. The van der Waals surface area contributed by atoms with E-state index in [2.05, 4.69) is 54.3 Å². The molecule has 154 valence electrons. The first-order valence-corrected chi connectivity index (χ1v) is 11.3. The molecule has 3 aliphatic rings. The standard InChI is InChI=1S/C24H29NO3S/c1-17-6-8-19-16-21(20-4-2-3-5-23(20)29-22(19)9-7-17)28-15-14-25-12-10-18(11-13-25)24(26)27/h2-7,9,18,21H,8,10-16H2,1H3,(H,26,27). The molecular weight excluding hydrogens is 382 g/mol. The van der Waals surface area contributed by atoms with Crippen LogP contribution in [0.2, 0.25) is 0 Å². The minimum absolute atomic E-state index is 0.0722. The monoisotopic (exact) mass is 411 g/mol. The van der Waals surface area contributed by atoms with Crippen LogP contribution in [-0.2, 0) is 9.53 Å². The summed E-state index contributed by atoms with van der Waals surface area (Å²) in [7, 11) is 0. The van der Waals surface area contributed by atoms with Crippen LogP contribution in [0.5, 0.6) is 0 Å². The van der Waals surface area contributed by atoms with Gasteiger partial charge in [0.1, 0.15) is 0 Å². The summed E-state index contributed by atoms with van der Waals surface area (Å²) in [6, 6.07) is 8.60. The van der Waals surface area contributed by atoms with E-state index in [4.69, 9.17) is 9.84 Å². The fraction of sp³-hybridized carbons (Fsp3) is 0.458. The zero-order valence-electron chi connectivity index (χ0n) is 17.0. The summed E-state index contributed by atoms with van der Waals surface area (Å²) in [5, 5.41) is 9.16. The third-order valence-electron chi connectivity index (χ3n) is 6.10. The van der Waals surface area contributed by atoms with Gasteiger partial charge in [-0.2, -0.15) is 0 Å². The first kappa shape index (κ1) is 20.5. The summed E-state index contributed by atoms with van der Waals surface area (Å²) in [4.78, 5) is 16.1. The van der Waals surface area contributed by atoms with Crippen LogP contribution < -0.4 is 0 Å². The lowest BCUT2D eigenvalue weighted by atomic mass is 9.97. The number of fused-ring (bicyclic) bond motifs is 1. The second-order valence-corrected chi connectivity index (χ2v) is 9.19. The van der Waals surface area contributed by atoms with Gasteiger partial charge in [0.2, 0.25) is 0 Å². The highest BCUT2D eigenvalue weighted by atomic mass is 32.2. The molecule has 1 aromatic carbocycles. The van der Waals surface area contributed by atoms with Gasteiger partial charge in [0.05, 0.1) is 18.6 Å². The SMILES string of the molecule is CC1=CCC2=C(C=C1)Sc1ccccc1C(OCCN1CCC(C(=O)O)CC1)C2. The molecular formula is C24H29NO3S. The van der Waals surface area contributed by atoms with E-state index < -0.39 is 5.97 Å². The molecule has 0 amide bonds. The van der Waals surface area contributed by atoms with Crippen LogP contribution in [0, 0.1) is 5.92 Å². The maximum absolute atomic E-state index is 11.1. The Morgan fingerprint density at radius 3 is 2.83 bits per heavy atom. The molecule has 0 spiro atoms. The number of piperidine rings is 1. The van der Waals surface area contributed by atoms with Crippen molar-refractivity contribution in [2.45, 2.75) is 43.6 Å². The van der Waals surface area contributed by atoms with Crippen LogP contribution in [0.15, 0.2) is 63.4 Å². The summed E-state index contributed by atoms with van der Waals surface area (Å²) < 4.78 is 6.43. The molecule has 1 N–H and O–H groups in total. The van der Waals surface area contributed by atoms with Gasteiger partial charge in [-0.15, -0.1) is 0 Å². The lowest BCUT2D eigenvalue weighted by molar-refractivity contribution is -0.143. The van der Waals surface area contributed by atoms with E-state index in [1.165, 1.54) is 26.5 Å². The number of carboxylic acids is 1. The third-order valence-corrected chi connectivity index (χ3v) is 7.33. The minimum Gasteiger partial charge on any atom is -0.481 e. The fourth-order valence-electron chi connectivity index (χ4n) is 4.24. The highest BCUT2D eigenvalue weighted by molar-refractivity contribution is 8.03. The summed E-state index contributed by atoms with van der Waals surface area (Å²) in [6.45, 7) is 5.39. The normalized spacial score (nSPS) is 23.1. The zero-order valence-corrected chi connectivity index (χ0v) is 17.8. The van der Waals surface area contributed by atoms with Crippen LogP contribution >= 0.6 is 11.8 Å². The summed E-state index contributed by atoms with van der Waals surface area (Å²) in [5.41, 5.74) is 4.05. The first-order valence-electron chi connectivity index (χ1n) is 10.5. The highest BCUT2D eigenvalue weighted by Crippen LogP contribution is 2.44. The average molecular weight is 412 g/mol. The molecule has 1 saturated heterocycles. The number of benzene rings is 1. The number of carboxylic acid groups (broad SMARTS) is 1. The van der Waals surface area contributed by atoms with Crippen molar-refractivity contribution in [2.75, 3.05) is 26.2 Å². The average Bonchev–Trinajstić information content (AvgIpc) is 2.99. The van der Waals surface area contributed by atoms with Gasteiger partial charge in [-0.3, -0.25) is 4.79 Å². The maximum atomic E-state index is 11.1. The number of rotatable bonds is 5. The Bertz CT molecular complexity index is 849. The van der Waals surface area contributed by atoms with E-state index in [0.717, 1.165) is 45.3 Å². The van der Waals surface area contributed by atoms with Crippen LogP contribution in [-0.4, -0.2) is 42.2 Å². The van der Waals surface area contributed by atoms with E-state index >= 15 is 0 Å². The zero-order chi connectivity index (χ0) is 20.2. The molecule has 1 fully saturated rings. The number of aliphatic carboxylic acids is 1. The van der Waals surface area contributed by atoms with Crippen molar-refractivity contribution in [1.82, 2.24) is 4.90 Å². The molecule has 1 unspecified atom stereocenters. The number of hydrogen-bond donors (Lipinski definition) is 1. The van der Waals surface area contributed by atoms with Gasteiger partial charge in [-0.25, -0.2) is 0 Å². The molecule has 2 heterocycles. The predicted octanol–water partition coefficient (Wildman–Crippen LogP) is 5.20. The van der Waals surface area contributed by atoms with Gasteiger partial charge in [-0.05, 0) is 62.6 Å². The summed E-state index contributed by atoms with van der Waals surface area (Å²) in [5.74, 6) is -0.831. The number of likely N-dealkylation sites (tertiary alicyclic amines) is 1. The molecule has 1 atom stereocenters. The molecule has 0 aromatic heterocycles. The molecule has 4 rings (SSSR count). The number of carbonyl (C=O) groups is 1. The number of thioether (sulfide) groups is 1. The van der Waals surface area contributed by atoms with Crippen molar-refractivity contribution in [3.8, 4) is 0 Å². The van der Waals surface area contributed by atoms with E-state index in [1.54, 1.807) is 0 Å². The molecule has 2 aliphatic heterocycles. The minimum atomic E-state index is -0.653. The number of allylic oxidation sites excluding steroid dienone is 4. The van der Waals surface area contributed by atoms with Crippen molar-refractivity contribution in [1.29, 1.82) is 0 Å². The Labute approximate surface area is 177 Å². The lowest BCUT2D eigenvalue weighted by Gasteiger charge is -2.30. The third kappa shape index (κ3) is 5.03. The van der Waals surface area contributed by atoms with Gasteiger partial charge in [0.25, 0.3) is 0 Å². The lowest BCUT2D eigenvalue weighted by Crippen LogP contribution is -2.38. The summed E-state index contributed by atoms with van der Waals surface area (Å²) >= 11 is 1.86. The largest absolute Gasteiger partial charge is 0.481 e. The number of nitrogens with zero attached hydrogens (tertiary/aromatic N) is 1. The second-order valence-electron chi connectivity index (χ2n) is 8.11. The Hall–Kier alpha value is -1.82. The predicted molar refractivity (Wildman–Crippen MR) is 117 cm³/mol. The van der Waals surface area contributed by atoms with Crippen molar-refractivity contribution < 1.29 is 14.6 Å². The smallest absolute Gasteiger partial charge is 0.306 e. The van der Waals surface area contributed by atoms with Gasteiger partial charge in [0.15, 0.2) is 0 Å². The van der Waals surface area contributed by atoms with Crippen molar-refractivity contribution >= 4 is 17.7 Å². The molecule has 1 aromatic rings. The summed E-state index contributed by atoms with van der Waals surface area (Å²) in [6.07, 6.45) is 10.2. The number of ether oxygens (including phenoxy) is 1. The second kappa shape index (κ2) is 9.33. The van der Waals surface area contributed by atoms with E-state index in [0.29, 0.717) is 6.61 Å². The van der Waals surface area contributed by atoms with Crippen molar-refractivity contribution in [2.24, 2.45) is 5.92 Å². The molecule has 4 nitrogen and oxygen atoms in total. The van der Waals surface area contributed by atoms with Gasteiger partial charge in [0, 0.05) is 22.8 Å². The van der Waals surface area contributed by atoms with E-state index in [1.807, 2.05) is 11.8 Å². The van der Waals surface area contributed by atoms with E-state index in [-0.39, 0.29) is 12.0 Å². The van der Waals surface area contributed by atoms with Gasteiger partial charge >= 0.3 is 5.97 Å². The van der Waals surface area contributed by atoms with E-state index in [9.17, 15) is 4.79 Å². The van der Waals surface area contributed by atoms with Crippen molar-refractivity contribution in [3.63, 3.8) is 0 Å². The van der Waals surface area contributed by atoms with Crippen LogP contribution in [0.4, 0.5) is 0 Å². The van der Waals surface area contributed by atoms with Crippen LogP contribution in [0.25, 0.3) is 0 Å². The highest BCUT2D eigenvalue weighted by Gasteiger charge is 2.26. The topological polar surface area (TPSA) is 49.8 Å². The van der Waals surface area contributed by atoms with Crippen molar-refractivity contribution in [3.05, 3.63) is 64.1 Å². The quantitative estimate of drug-likeness (QED) is 0.722. The first-order chi connectivity index (χ1) is 14.1. The maximum Gasteiger partial charge on any atom is 0.306 e. The van der Waals surface area contributed by atoms with Gasteiger partial charge < -0.3 is 14.7 Å². The molecule has 0 radical (unpaired) electrons. The Kier molecular flexibility index (Phi) is 6.58. The van der Waals surface area contributed by atoms with Crippen LogP contribution in [0.3, 0.4) is 0 Å². The Morgan fingerprint density at radius 1 is 1.24 bits per heavy atom. The van der Waals surface area contributed by atoms with Gasteiger partial charge in [-0.1, -0.05) is 47.7 Å². The van der Waals surface area contributed by atoms with Crippen LogP contribution in [0.1, 0.15) is 44.3 Å². The molecule has 0 bridgehead atoms. The molecule has 5 heteroatoms. The molecule has 1 aliphatic carbocycles. The Morgan fingerprint density at radius 2 is 2.03 bits per heavy atom. The number of hydrogen-bond acceptors (Lipinski definition) is 4. The molecule has 29 heavy (non-hydrogen) atoms.